The highest BCUT2D eigenvalue weighted by Crippen LogP contribution is 2.43. The summed E-state index contributed by atoms with van der Waals surface area (Å²) in [6.07, 6.45) is 6.63. The normalized spacial score (nSPS) is 17.8. The van der Waals surface area contributed by atoms with E-state index in [1.165, 1.54) is 33.0 Å². The third-order valence-corrected chi connectivity index (χ3v) is 9.44. The summed E-state index contributed by atoms with van der Waals surface area (Å²) in [6, 6.07) is 28.6. The lowest BCUT2D eigenvalue weighted by atomic mass is 9.85. The number of fused-ring (bicyclic) bond motifs is 6. The largest absolute Gasteiger partial charge is 0.471 e. The number of hydrogen-bond donors (Lipinski definition) is 0. The number of pyridine rings is 2. The van der Waals surface area contributed by atoms with E-state index in [1.807, 2.05) is 18.6 Å². The first kappa shape index (κ1) is 27.8. The molecule has 0 bridgehead atoms. The Kier molecular flexibility index (Phi) is 6.09. The Bertz CT molecular complexity index is 2160. The van der Waals surface area contributed by atoms with Gasteiger partial charge in [0.1, 0.15) is 12.1 Å². The Balaban J connectivity index is 1.21. The van der Waals surface area contributed by atoms with Gasteiger partial charge in [-0.25, -0.2) is 4.99 Å². The molecule has 0 saturated heterocycles. The van der Waals surface area contributed by atoms with Crippen LogP contribution in [-0.2, 0) is 22.0 Å². The summed E-state index contributed by atoms with van der Waals surface area (Å²) >= 11 is 0. The van der Waals surface area contributed by atoms with Gasteiger partial charge >= 0.3 is 0 Å². The van der Waals surface area contributed by atoms with E-state index in [0.717, 1.165) is 40.0 Å². The van der Waals surface area contributed by atoms with Crippen LogP contribution in [0.3, 0.4) is 0 Å². The van der Waals surface area contributed by atoms with Crippen molar-refractivity contribution in [3.8, 4) is 16.9 Å². The zero-order chi connectivity index (χ0) is 31.1. The maximum atomic E-state index is 6.53. The van der Waals surface area contributed by atoms with E-state index in [9.17, 15) is 0 Å². The van der Waals surface area contributed by atoms with Gasteiger partial charge in [-0.2, -0.15) is 0 Å². The summed E-state index contributed by atoms with van der Waals surface area (Å²) in [5.41, 5.74) is 11.6. The van der Waals surface area contributed by atoms with Crippen LogP contribution in [0.5, 0.6) is 0 Å². The van der Waals surface area contributed by atoms with E-state index in [0.29, 0.717) is 5.90 Å². The lowest BCUT2D eigenvalue weighted by Crippen LogP contribution is -2.14. The van der Waals surface area contributed by atoms with E-state index in [4.69, 9.17) is 19.7 Å². The third-order valence-electron chi connectivity index (χ3n) is 9.44. The van der Waals surface area contributed by atoms with Crippen molar-refractivity contribution in [1.82, 2.24) is 14.5 Å². The first-order valence-electron chi connectivity index (χ1n) is 15.9. The predicted octanol–water partition coefficient (Wildman–Crippen LogP) is 9.28. The van der Waals surface area contributed by atoms with Gasteiger partial charge in [-0.3, -0.25) is 9.97 Å². The molecule has 4 heterocycles. The van der Waals surface area contributed by atoms with Gasteiger partial charge in [0.15, 0.2) is 0 Å². The highest BCUT2D eigenvalue weighted by Gasteiger charge is 2.40. The average Bonchev–Trinajstić information content (AvgIpc) is 3.69. The summed E-state index contributed by atoms with van der Waals surface area (Å²) < 4.78 is 8.84. The molecule has 1 aliphatic carbocycles. The molecule has 0 N–H and O–H groups in total. The van der Waals surface area contributed by atoms with Crippen molar-refractivity contribution in [1.29, 1.82) is 0 Å². The maximum absolute atomic E-state index is 6.53. The van der Waals surface area contributed by atoms with Gasteiger partial charge in [0.05, 0.1) is 34.2 Å². The van der Waals surface area contributed by atoms with Crippen LogP contribution in [0, 0.1) is 0 Å². The summed E-state index contributed by atoms with van der Waals surface area (Å²) in [7, 11) is 0. The van der Waals surface area contributed by atoms with E-state index in [2.05, 4.69) is 125 Å². The van der Waals surface area contributed by atoms with E-state index in [1.54, 1.807) is 0 Å². The Morgan fingerprint density at radius 2 is 1.51 bits per heavy atom. The summed E-state index contributed by atoms with van der Waals surface area (Å²) in [5.74, 6) is 0.676. The first-order chi connectivity index (χ1) is 21.5. The molecule has 0 unspecified atom stereocenters. The molecule has 5 heteroatoms. The summed E-state index contributed by atoms with van der Waals surface area (Å²) in [6.45, 7) is 13.5. The van der Waals surface area contributed by atoms with Gasteiger partial charge in [-0.05, 0) is 63.4 Å². The maximum Gasteiger partial charge on any atom is 0.218 e. The Morgan fingerprint density at radius 3 is 2.33 bits per heavy atom. The van der Waals surface area contributed by atoms with Gasteiger partial charge < -0.3 is 9.30 Å². The molecule has 0 spiro atoms. The molecule has 2 atom stereocenters. The molecular formula is C40H38N4O. The van der Waals surface area contributed by atoms with Crippen LogP contribution >= 0.6 is 0 Å². The predicted molar refractivity (Wildman–Crippen MR) is 184 cm³/mol. The molecule has 224 valence electrons. The minimum atomic E-state index is 0.0276. The fourth-order valence-electron chi connectivity index (χ4n) is 6.90. The minimum Gasteiger partial charge on any atom is -0.471 e. The molecule has 0 fully saturated rings. The van der Waals surface area contributed by atoms with E-state index >= 15 is 0 Å². The van der Waals surface area contributed by atoms with Gasteiger partial charge in [0, 0.05) is 35.2 Å². The fourth-order valence-corrected chi connectivity index (χ4v) is 6.90. The number of rotatable bonds is 3. The highest BCUT2D eigenvalue weighted by molar-refractivity contribution is 6.10. The van der Waals surface area contributed by atoms with Gasteiger partial charge in [-0.15, -0.1) is 0 Å². The second kappa shape index (κ2) is 9.87. The van der Waals surface area contributed by atoms with Crippen LogP contribution in [0.2, 0.25) is 0 Å². The second-order valence-corrected chi connectivity index (χ2v) is 14.6. The number of para-hydroxylation sites is 1. The van der Waals surface area contributed by atoms with Gasteiger partial charge in [0.2, 0.25) is 5.90 Å². The second-order valence-electron chi connectivity index (χ2n) is 14.6. The van der Waals surface area contributed by atoms with E-state index in [-0.39, 0.29) is 23.0 Å². The standard InChI is InChI=1S/C40H38N4O/c1-39(2,3)27-12-14-30-25(17-27)20-36-37(30)43-38(45-36)26-18-29(23-41-22-26)44-34-10-8-7-9-31(34)32-13-11-24(19-35(32)44)33-21-28(15-16-42-33)40(4,5)6/h7-19,21-23,36-37H,20H2,1-6H3/t36-,37+/m0/s1. The Morgan fingerprint density at radius 1 is 0.733 bits per heavy atom. The Labute approximate surface area is 264 Å². The zero-order valence-corrected chi connectivity index (χ0v) is 26.8. The van der Waals surface area contributed by atoms with Gasteiger partial charge in [-0.1, -0.05) is 90.1 Å². The third kappa shape index (κ3) is 4.64. The SMILES string of the molecule is CC(C)(C)c1ccnc(-c2ccc3c4ccccc4n(-c4cncc(C5=N[C@@H]6c7ccc(C(C)(C)C)cc7C[C@@H]6O5)c4)c3c2)c1. The van der Waals surface area contributed by atoms with Crippen molar-refractivity contribution >= 4 is 27.7 Å². The van der Waals surface area contributed by atoms with Crippen molar-refractivity contribution in [2.75, 3.05) is 0 Å². The summed E-state index contributed by atoms with van der Waals surface area (Å²) in [4.78, 5) is 14.6. The molecule has 3 aromatic carbocycles. The lowest BCUT2D eigenvalue weighted by molar-refractivity contribution is 0.206. The molecular weight excluding hydrogens is 552 g/mol. The quantitative estimate of drug-likeness (QED) is 0.206. The van der Waals surface area contributed by atoms with Crippen LogP contribution in [0.1, 0.15) is 75.4 Å². The van der Waals surface area contributed by atoms with Crippen molar-refractivity contribution in [2.24, 2.45) is 4.99 Å². The fraction of sp³-hybridized carbons (Fsp3) is 0.275. The molecule has 2 aliphatic rings. The number of nitrogens with zero attached hydrogens (tertiary/aromatic N) is 4. The zero-order valence-electron chi connectivity index (χ0n) is 26.8. The molecule has 5 nitrogen and oxygen atoms in total. The molecule has 0 saturated carbocycles. The molecule has 3 aromatic heterocycles. The molecule has 0 radical (unpaired) electrons. The van der Waals surface area contributed by atoms with Gasteiger partial charge in [0.25, 0.3) is 0 Å². The molecule has 0 amide bonds. The highest BCUT2D eigenvalue weighted by atomic mass is 16.5. The molecule has 45 heavy (non-hydrogen) atoms. The van der Waals surface area contributed by atoms with Crippen molar-refractivity contribution in [3.63, 3.8) is 0 Å². The van der Waals surface area contributed by atoms with Crippen LogP contribution in [0.15, 0.2) is 102 Å². The van der Waals surface area contributed by atoms with Crippen LogP contribution in [-0.4, -0.2) is 26.5 Å². The lowest BCUT2D eigenvalue weighted by Gasteiger charge is -2.20. The number of aliphatic imine (C=N–C) groups is 1. The monoisotopic (exact) mass is 590 g/mol. The van der Waals surface area contributed by atoms with Crippen molar-refractivity contribution in [2.45, 2.75) is 70.9 Å². The van der Waals surface area contributed by atoms with Crippen molar-refractivity contribution in [3.05, 3.63) is 125 Å². The molecule has 8 rings (SSSR count). The number of aromatic nitrogens is 3. The number of hydrogen-bond acceptors (Lipinski definition) is 4. The van der Waals surface area contributed by atoms with Crippen molar-refractivity contribution < 1.29 is 4.74 Å². The molecule has 6 aromatic rings. The Hall–Kier alpha value is -4.77. The summed E-state index contributed by atoms with van der Waals surface area (Å²) in [5, 5.41) is 2.40. The molecule has 1 aliphatic heterocycles. The number of ether oxygens (including phenoxy) is 1. The van der Waals surface area contributed by atoms with Crippen LogP contribution in [0.4, 0.5) is 0 Å². The van der Waals surface area contributed by atoms with Crippen LogP contribution < -0.4 is 0 Å². The van der Waals surface area contributed by atoms with Crippen LogP contribution in [0.25, 0.3) is 38.8 Å². The van der Waals surface area contributed by atoms with E-state index < -0.39 is 0 Å². The minimum absolute atomic E-state index is 0.0276. The topological polar surface area (TPSA) is 52.3 Å². The average molecular weight is 591 g/mol. The first-order valence-corrected chi connectivity index (χ1v) is 15.9. The number of benzene rings is 3. The smallest absolute Gasteiger partial charge is 0.218 e.